The van der Waals surface area contributed by atoms with Crippen LogP contribution in [0.5, 0.6) is 0 Å². The van der Waals surface area contributed by atoms with Gasteiger partial charge in [-0.3, -0.25) is 4.79 Å². The highest BCUT2D eigenvalue weighted by Crippen LogP contribution is 2.25. The lowest BCUT2D eigenvalue weighted by Gasteiger charge is -2.11. The Hall–Kier alpha value is -2.62. The molecule has 0 saturated heterocycles. The minimum absolute atomic E-state index is 0.183. The Labute approximate surface area is 141 Å². The van der Waals surface area contributed by atoms with Gasteiger partial charge in [0.25, 0.3) is 5.91 Å². The van der Waals surface area contributed by atoms with Gasteiger partial charge in [0.1, 0.15) is 0 Å². The molecule has 1 N–H and O–H groups in total. The summed E-state index contributed by atoms with van der Waals surface area (Å²) in [6, 6.07) is 15.9. The van der Waals surface area contributed by atoms with Crippen LogP contribution in [0, 0.1) is 5.92 Å². The number of hydrogen-bond donors (Lipinski definition) is 1. The van der Waals surface area contributed by atoms with Crippen LogP contribution in [0.2, 0.25) is 0 Å². The van der Waals surface area contributed by atoms with Crippen LogP contribution < -0.4 is 5.32 Å². The van der Waals surface area contributed by atoms with Gasteiger partial charge >= 0.3 is 0 Å². The van der Waals surface area contributed by atoms with E-state index in [2.05, 4.69) is 36.5 Å². The third-order valence-corrected chi connectivity index (χ3v) is 4.48. The largest absolute Gasteiger partial charge is 0.355 e. The molecule has 3 aromatic rings. The summed E-state index contributed by atoms with van der Waals surface area (Å²) < 4.78 is 5.37. The normalized spacial score (nSPS) is 11.1. The quantitative estimate of drug-likeness (QED) is 0.718. The van der Waals surface area contributed by atoms with E-state index < -0.39 is 0 Å². The van der Waals surface area contributed by atoms with Crippen LogP contribution in [0.3, 0.4) is 0 Å². The molecule has 0 fully saturated rings. The van der Waals surface area contributed by atoms with E-state index in [1.165, 1.54) is 5.39 Å². The van der Waals surface area contributed by atoms with Crippen molar-refractivity contribution in [1.82, 2.24) is 10.5 Å². The van der Waals surface area contributed by atoms with Gasteiger partial charge in [-0.15, -0.1) is 0 Å². The molecule has 0 atom stereocenters. The van der Waals surface area contributed by atoms with Crippen molar-refractivity contribution in [3.63, 3.8) is 0 Å². The second kappa shape index (κ2) is 7.30. The lowest BCUT2D eigenvalue weighted by Crippen LogP contribution is -2.29. The fourth-order valence-electron chi connectivity index (χ4n) is 2.77. The Kier molecular flexibility index (Phi) is 4.94. The summed E-state index contributed by atoms with van der Waals surface area (Å²) in [7, 11) is 0. The topological polar surface area (TPSA) is 55.1 Å². The minimum atomic E-state index is -0.183. The van der Waals surface area contributed by atoms with E-state index >= 15 is 0 Å². The molecule has 0 spiro atoms. The summed E-state index contributed by atoms with van der Waals surface area (Å²) in [6.07, 6.45) is 2.11. The average Bonchev–Trinajstić information content (AvgIpc) is 3.12. The number of benzene rings is 2. The summed E-state index contributed by atoms with van der Waals surface area (Å²) in [5.41, 5.74) is 1.24. The standard InChI is InChI=1S/C20H22N2O2/c1-3-14(4-2)13-21-20(23)18-12-19(24-22-18)17-10-9-15-7-5-6-8-16(15)11-17/h5-12,14H,3-4,13H2,1-2H3,(H,21,23). The second-order valence-corrected chi connectivity index (χ2v) is 6.03. The number of rotatable bonds is 6. The zero-order chi connectivity index (χ0) is 16.9. The van der Waals surface area contributed by atoms with Crippen molar-refractivity contribution >= 4 is 16.7 Å². The van der Waals surface area contributed by atoms with E-state index in [1.807, 2.05) is 30.3 Å². The molecule has 0 aliphatic rings. The van der Waals surface area contributed by atoms with Gasteiger partial charge in [0.05, 0.1) is 0 Å². The molecular formula is C20H22N2O2. The van der Waals surface area contributed by atoms with Crippen LogP contribution in [0.1, 0.15) is 37.2 Å². The lowest BCUT2D eigenvalue weighted by molar-refractivity contribution is 0.0937. The monoisotopic (exact) mass is 322 g/mol. The highest BCUT2D eigenvalue weighted by atomic mass is 16.5. The Bertz CT molecular complexity index is 834. The first kappa shape index (κ1) is 16.2. The van der Waals surface area contributed by atoms with Crippen LogP contribution >= 0.6 is 0 Å². The summed E-state index contributed by atoms with van der Waals surface area (Å²) in [6.45, 7) is 4.94. The maximum absolute atomic E-state index is 12.2. The lowest BCUT2D eigenvalue weighted by atomic mass is 10.0. The highest BCUT2D eigenvalue weighted by Gasteiger charge is 2.15. The number of hydrogen-bond acceptors (Lipinski definition) is 3. The number of aromatic nitrogens is 1. The first-order valence-electron chi connectivity index (χ1n) is 8.45. The number of carbonyl (C=O) groups is 1. The second-order valence-electron chi connectivity index (χ2n) is 6.03. The fraction of sp³-hybridized carbons (Fsp3) is 0.300. The van der Waals surface area contributed by atoms with Crippen molar-refractivity contribution in [2.45, 2.75) is 26.7 Å². The molecule has 0 unspecified atom stereocenters. The third kappa shape index (κ3) is 3.48. The maximum Gasteiger partial charge on any atom is 0.273 e. The molecule has 0 aliphatic heterocycles. The molecule has 0 radical (unpaired) electrons. The molecule has 1 amide bonds. The Morgan fingerprint density at radius 2 is 1.83 bits per heavy atom. The summed E-state index contributed by atoms with van der Waals surface area (Å²) in [5.74, 6) is 0.923. The number of nitrogens with one attached hydrogen (secondary N) is 1. The van der Waals surface area contributed by atoms with E-state index in [-0.39, 0.29) is 5.91 Å². The first-order valence-corrected chi connectivity index (χ1v) is 8.45. The molecule has 124 valence electrons. The van der Waals surface area contributed by atoms with Crippen LogP contribution in [0.15, 0.2) is 53.1 Å². The van der Waals surface area contributed by atoms with E-state index in [4.69, 9.17) is 4.52 Å². The van der Waals surface area contributed by atoms with Gasteiger partial charge in [0.2, 0.25) is 0 Å². The molecule has 1 heterocycles. The smallest absolute Gasteiger partial charge is 0.273 e. The van der Waals surface area contributed by atoms with Gasteiger partial charge < -0.3 is 9.84 Å². The number of fused-ring (bicyclic) bond motifs is 1. The molecule has 1 aromatic heterocycles. The van der Waals surface area contributed by atoms with Crippen molar-refractivity contribution in [3.8, 4) is 11.3 Å². The van der Waals surface area contributed by atoms with Gasteiger partial charge in [0, 0.05) is 18.2 Å². The highest BCUT2D eigenvalue weighted by molar-refractivity contribution is 5.93. The molecule has 0 bridgehead atoms. The number of nitrogens with zero attached hydrogens (tertiary/aromatic N) is 1. The Morgan fingerprint density at radius 3 is 2.58 bits per heavy atom. The van der Waals surface area contributed by atoms with Crippen LogP contribution in [-0.4, -0.2) is 17.6 Å². The van der Waals surface area contributed by atoms with E-state index in [1.54, 1.807) is 6.07 Å². The predicted molar refractivity (Wildman–Crippen MR) is 95.9 cm³/mol. The van der Waals surface area contributed by atoms with Gasteiger partial charge in [0.15, 0.2) is 11.5 Å². The summed E-state index contributed by atoms with van der Waals surface area (Å²) >= 11 is 0. The maximum atomic E-state index is 12.2. The zero-order valence-corrected chi connectivity index (χ0v) is 14.1. The van der Waals surface area contributed by atoms with Gasteiger partial charge in [-0.25, -0.2) is 0 Å². The van der Waals surface area contributed by atoms with E-state index in [0.717, 1.165) is 23.8 Å². The van der Waals surface area contributed by atoms with Crippen molar-refractivity contribution in [2.24, 2.45) is 5.92 Å². The van der Waals surface area contributed by atoms with E-state index in [0.29, 0.717) is 23.9 Å². The molecule has 0 saturated carbocycles. The van der Waals surface area contributed by atoms with Crippen molar-refractivity contribution in [3.05, 3.63) is 54.2 Å². The Balaban J connectivity index is 1.75. The fourth-order valence-corrected chi connectivity index (χ4v) is 2.77. The first-order chi connectivity index (χ1) is 11.7. The predicted octanol–water partition coefficient (Wildman–Crippen LogP) is 4.66. The van der Waals surface area contributed by atoms with Gasteiger partial charge in [-0.05, 0) is 22.8 Å². The van der Waals surface area contributed by atoms with Crippen molar-refractivity contribution in [2.75, 3.05) is 6.54 Å². The zero-order valence-electron chi connectivity index (χ0n) is 14.1. The third-order valence-electron chi connectivity index (χ3n) is 4.48. The van der Waals surface area contributed by atoms with Crippen molar-refractivity contribution in [1.29, 1.82) is 0 Å². The Morgan fingerprint density at radius 1 is 1.08 bits per heavy atom. The SMILES string of the molecule is CCC(CC)CNC(=O)c1cc(-c2ccc3ccccc3c2)on1. The molecule has 3 rings (SSSR count). The number of amides is 1. The molecular weight excluding hydrogens is 300 g/mol. The molecule has 24 heavy (non-hydrogen) atoms. The van der Waals surface area contributed by atoms with Crippen LogP contribution in [-0.2, 0) is 0 Å². The van der Waals surface area contributed by atoms with Crippen LogP contribution in [0.4, 0.5) is 0 Å². The number of carbonyl (C=O) groups excluding carboxylic acids is 1. The molecule has 4 heteroatoms. The van der Waals surface area contributed by atoms with E-state index in [9.17, 15) is 4.79 Å². The summed E-state index contributed by atoms with van der Waals surface area (Å²) in [4.78, 5) is 12.2. The molecule has 0 aliphatic carbocycles. The minimum Gasteiger partial charge on any atom is -0.355 e. The van der Waals surface area contributed by atoms with Crippen molar-refractivity contribution < 1.29 is 9.32 Å². The van der Waals surface area contributed by atoms with Gasteiger partial charge in [-0.1, -0.05) is 68.2 Å². The van der Waals surface area contributed by atoms with Crippen LogP contribution in [0.25, 0.3) is 22.1 Å². The van der Waals surface area contributed by atoms with Gasteiger partial charge in [-0.2, -0.15) is 0 Å². The molecule has 2 aromatic carbocycles. The molecule has 4 nitrogen and oxygen atoms in total. The average molecular weight is 322 g/mol. The summed E-state index contributed by atoms with van der Waals surface area (Å²) in [5, 5.41) is 9.15.